The molecule has 0 unspecified atom stereocenters. The average Bonchev–Trinajstić information content (AvgIpc) is 2.60. The van der Waals surface area contributed by atoms with Gasteiger partial charge in [-0.05, 0) is 36.6 Å². The van der Waals surface area contributed by atoms with Gasteiger partial charge in [0.15, 0.2) is 0 Å². The third kappa shape index (κ3) is 6.08. The van der Waals surface area contributed by atoms with Crippen molar-refractivity contribution in [3.63, 3.8) is 0 Å². The molecular formula is C19H20ClN3OS. The summed E-state index contributed by atoms with van der Waals surface area (Å²) in [5, 5.41) is 13.4. The highest BCUT2D eigenvalue weighted by atomic mass is 35.5. The number of amides is 1. The Hall–Kier alpha value is -2.03. The first-order valence-electron chi connectivity index (χ1n) is 8.06. The van der Waals surface area contributed by atoms with Crippen molar-refractivity contribution in [2.45, 2.75) is 25.3 Å². The molecule has 0 aliphatic rings. The third-order valence-corrected chi connectivity index (χ3v) is 4.75. The molecule has 130 valence electrons. The van der Waals surface area contributed by atoms with Crippen molar-refractivity contribution in [3.05, 3.63) is 47.0 Å². The summed E-state index contributed by atoms with van der Waals surface area (Å²) in [6, 6.07) is 13.0. The number of hydrogen-bond donors (Lipinski definition) is 1. The SMILES string of the molecule is CC(C)CCNC(=O)CSc1nc(-c2ccc(Cl)cc2)ccc1C#N. The minimum Gasteiger partial charge on any atom is -0.355 e. The number of carbonyl (C=O) groups is 1. The van der Waals surface area contributed by atoms with Crippen LogP contribution in [0.5, 0.6) is 0 Å². The van der Waals surface area contributed by atoms with Crippen LogP contribution in [-0.4, -0.2) is 23.2 Å². The van der Waals surface area contributed by atoms with E-state index in [9.17, 15) is 10.1 Å². The number of nitriles is 1. The van der Waals surface area contributed by atoms with Gasteiger partial charge in [-0.3, -0.25) is 4.79 Å². The summed E-state index contributed by atoms with van der Waals surface area (Å²) in [6.45, 7) is 4.90. The van der Waals surface area contributed by atoms with Gasteiger partial charge >= 0.3 is 0 Å². The van der Waals surface area contributed by atoms with E-state index in [1.54, 1.807) is 24.3 Å². The summed E-state index contributed by atoms with van der Waals surface area (Å²) in [5.74, 6) is 0.744. The fourth-order valence-electron chi connectivity index (χ4n) is 2.10. The molecule has 0 spiro atoms. The first kappa shape index (κ1) is 19.3. The molecule has 2 rings (SSSR count). The number of pyridine rings is 1. The van der Waals surface area contributed by atoms with E-state index in [1.165, 1.54) is 11.8 Å². The molecule has 0 aliphatic carbocycles. The number of hydrogen-bond acceptors (Lipinski definition) is 4. The van der Waals surface area contributed by atoms with Crippen LogP contribution in [0.1, 0.15) is 25.8 Å². The largest absolute Gasteiger partial charge is 0.355 e. The zero-order chi connectivity index (χ0) is 18.2. The number of thioether (sulfide) groups is 1. The van der Waals surface area contributed by atoms with Crippen molar-refractivity contribution in [1.29, 1.82) is 5.26 Å². The summed E-state index contributed by atoms with van der Waals surface area (Å²) in [7, 11) is 0. The van der Waals surface area contributed by atoms with Gasteiger partial charge in [-0.15, -0.1) is 0 Å². The predicted molar refractivity (Wildman–Crippen MR) is 103 cm³/mol. The van der Waals surface area contributed by atoms with Gasteiger partial charge in [0.05, 0.1) is 17.0 Å². The van der Waals surface area contributed by atoms with Crippen LogP contribution in [0, 0.1) is 17.2 Å². The third-order valence-electron chi connectivity index (χ3n) is 3.50. The zero-order valence-corrected chi connectivity index (χ0v) is 15.8. The van der Waals surface area contributed by atoms with Crippen LogP contribution in [0.2, 0.25) is 5.02 Å². The average molecular weight is 374 g/mol. The first-order chi connectivity index (χ1) is 12.0. The number of nitrogens with one attached hydrogen (secondary N) is 1. The molecule has 0 bridgehead atoms. The lowest BCUT2D eigenvalue weighted by atomic mass is 10.1. The van der Waals surface area contributed by atoms with Gasteiger partial charge in [0.2, 0.25) is 5.91 Å². The van der Waals surface area contributed by atoms with Crippen molar-refractivity contribution in [2.24, 2.45) is 5.92 Å². The number of aromatic nitrogens is 1. The van der Waals surface area contributed by atoms with E-state index in [4.69, 9.17) is 11.6 Å². The second-order valence-electron chi connectivity index (χ2n) is 5.99. The quantitative estimate of drug-likeness (QED) is 0.724. The molecule has 6 heteroatoms. The molecule has 0 aliphatic heterocycles. The topological polar surface area (TPSA) is 65.8 Å². The van der Waals surface area contributed by atoms with Gasteiger partial charge in [-0.1, -0.05) is 49.3 Å². The van der Waals surface area contributed by atoms with E-state index >= 15 is 0 Å². The molecule has 25 heavy (non-hydrogen) atoms. The molecule has 1 aromatic carbocycles. The normalized spacial score (nSPS) is 10.5. The van der Waals surface area contributed by atoms with E-state index in [0.29, 0.717) is 28.1 Å². The second kappa shape index (κ2) is 9.45. The minimum atomic E-state index is -0.0479. The van der Waals surface area contributed by atoms with Crippen molar-refractivity contribution in [3.8, 4) is 17.3 Å². The van der Waals surface area contributed by atoms with Crippen molar-refractivity contribution >= 4 is 29.3 Å². The molecule has 2 aromatic rings. The number of carbonyl (C=O) groups excluding carboxylic acids is 1. The van der Waals surface area contributed by atoms with Gasteiger partial charge in [-0.25, -0.2) is 4.98 Å². The van der Waals surface area contributed by atoms with Crippen molar-refractivity contribution in [1.82, 2.24) is 10.3 Å². The fourth-order valence-corrected chi connectivity index (χ4v) is 3.03. The zero-order valence-electron chi connectivity index (χ0n) is 14.3. The lowest BCUT2D eigenvalue weighted by molar-refractivity contribution is -0.118. The standard InChI is InChI=1S/C19H20ClN3OS/c1-13(2)9-10-22-18(24)12-25-19-15(11-21)5-8-17(23-19)14-3-6-16(20)7-4-14/h3-8,13H,9-10,12H2,1-2H3,(H,22,24). The molecule has 1 heterocycles. The van der Waals surface area contributed by atoms with Gasteiger partial charge in [0.1, 0.15) is 11.1 Å². The maximum atomic E-state index is 11.9. The van der Waals surface area contributed by atoms with Crippen LogP contribution in [0.4, 0.5) is 0 Å². The summed E-state index contributed by atoms with van der Waals surface area (Å²) in [4.78, 5) is 16.5. The van der Waals surface area contributed by atoms with Crippen molar-refractivity contribution in [2.75, 3.05) is 12.3 Å². The molecule has 4 nitrogen and oxygen atoms in total. The summed E-state index contributed by atoms with van der Waals surface area (Å²) in [6.07, 6.45) is 0.949. The Bertz CT molecular complexity index is 769. The highest BCUT2D eigenvalue weighted by Gasteiger charge is 2.10. The van der Waals surface area contributed by atoms with Crippen LogP contribution >= 0.6 is 23.4 Å². The van der Waals surface area contributed by atoms with Crippen LogP contribution in [-0.2, 0) is 4.79 Å². The molecule has 0 saturated heterocycles. The van der Waals surface area contributed by atoms with Crippen LogP contribution < -0.4 is 5.32 Å². The molecule has 1 aromatic heterocycles. The monoisotopic (exact) mass is 373 g/mol. The molecule has 0 atom stereocenters. The van der Waals surface area contributed by atoms with Crippen LogP contribution in [0.15, 0.2) is 41.4 Å². The second-order valence-corrected chi connectivity index (χ2v) is 7.39. The van der Waals surface area contributed by atoms with Gasteiger partial charge < -0.3 is 5.32 Å². The maximum absolute atomic E-state index is 11.9. The Kier molecular flexibility index (Phi) is 7.30. The lowest BCUT2D eigenvalue weighted by Crippen LogP contribution is -2.27. The van der Waals surface area contributed by atoms with Crippen molar-refractivity contribution < 1.29 is 4.79 Å². The Morgan fingerprint density at radius 2 is 2.00 bits per heavy atom. The molecule has 0 fully saturated rings. The smallest absolute Gasteiger partial charge is 0.230 e. The van der Waals surface area contributed by atoms with Gasteiger partial charge in [-0.2, -0.15) is 5.26 Å². The molecular weight excluding hydrogens is 354 g/mol. The van der Waals surface area contributed by atoms with Gasteiger partial charge in [0.25, 0.3) is 0 Å². The van der Waals surface area contributed by atoms with Crippen LogP contribution in [0.3, 0.4) is 0 Å². The molecule has 1 N–H and O–H groups in total. The van der Waals surface area contributed by atoms with Gasteiger partial charge in [0, 0.05) is 17.1 Å². The summed E-state index contributed by atoms with van der Waals surface area (Å²) in [5.41, 5.74) is 2.13. The Balaban J connectivity index is 2.06. The highest BCUT2D eigenvalue weighted by molar-refractivity contribution is 8.00. The van der Waals surface area contributed by atoms with Crippen LogP contribution in [0.25, 0.3) is 11.3 Å². The lowest BCUT2D eigenvalue weighted by Gasteiger charge is -2.08. The Morgan fingerprint density at radius 3 is 2.64 bits per heavy atom. The fraction of sp³-hybridized carbons (Fsp3) is 0.316. The van der Waals surface area contributed by atoms with E-state index in [1.807, 2.05) is 12.1 Å². The Labute approximate surface area is 157 Å². The van der Waals surface area contributed by atoms with E-state index < -0.39 is 0 Å². The number of nitrogens with zero attached hydrogens (tertiary/aromatic N) is 2. The minimum absolute atomic E-state index is 0.0479. The summed E-state index contributed by atoms with van der Waals surface area (Å²) >= 11 is 7.19. The molecule has 0 saturated carbocycles. The highest BCUT2D eigenvalue weighted by Crippen LogP contribution is 2.26. The summed E-state index contributed by atoms with van der Waals surface area (Å²) < 4.78 is 0. The van der Waals surface area contributed by atoms with E-state index in [0.717, 1.165) is 17.7 Å². The number of rotatable bonds is 7. The maximum Gasteiger partial charge on any atom is 0.230 e. The predicted octanol–water partition coefficient (Wildman–Crippen LogP) is 4.53. The van der Waals surface area contributed by atoms with E-state index in [2.05, 4.69) is 30.2 Å². The molecule has 0 radical (unpaired) electrons. The Morgan fingerprint density at radius 1 is 1.28 bits per heavy atom. The van der Waals surface area contributed by atoms with E-state index in [-0.39, 0.29) is 11.7 Å². The number of halogens is 1. The first-order valence-corrected chi connectivity index (χ1v) is 9.42. The molecule has 1 amide bonds. The number of benzene rings is 1.